The minimum Gasteiger partial charge on any atom is -0.289 e. The molecule has 2 rings (SSSR count). The molecule has 1 aliphatic rings. The molecule has 1 fully saturated rings. The third kappa shape index (κ3) is 3.50. The summed E-state index contributed by atoms with van der Waals surface area (Å²) < 4.78 is 0. The van der Waals surface area contributed by atoms with Crippen molar-refractivity contribution in [3.05, 3.63) is 35.9 Å². The van der Waals surface area contributed by atoms with Crippen molar-refractivity contribution in [1.29, 1.82) is 0 Å². The topological polar surface area (TPSA) is 12.4 Å². The summed E-state index contributed by atoms with van der Waals surface area (Å²) in [5.74, 6) is 0. The van der Waals surface area contributed by atoms with Gasteiger partial charge in [0.25, 0.3) is 0 Å². The Kier molecular flexibility index (Phi) is 3.95. The molecule has 1 aromatic rings. The first-order chi connectivity index (χ1) is 7.45. The zero-order valence-electron chi connectivity index (χ0n) is 9.28. The number of hydrogen-bond donors (Lipinski definition) is 0. The summed E-state index contributed by atoms with van der Waals surface area (Å²) in [6.07, 6.45) is 7.93. The SMILES string of the molecule is c1ccc(CN=C2CCCCCC2)cc1. The zero-order valence-corrected chi connectivity index (χ0v) is 9.28. The maximum atomic E-state index is 4.73. The molecule has 1 saturated carbocycles. The second-order valence-electron chi connectivity index (χ2n) is 4.28. The predicted molar refractivity (Wildman–Crippen MR) is 65.3 cm³/mol. The van der Waals surface area contributed by atoms with E-state index in [0.29, 0.717) is 0 Å². The van der Waals surface area contributed by atoms with E-state index in [9.17, 15) is 0 Å². The van der Waals surface area contributed by atoms with Crippen molar-refractivity contribution in [2.45, 2.75) is 45.1 Å². The summed E-state index contributed by atoms with van der Waals surface area (Å²) in [7, 11) is 0. The number of hydrogen-bond acceptors (Lipinski definition) is 1. The molecule has 0 radical (unpaired) electrons. The van der Waals surface area contributed by atoms with Crippen molar-refractivity contribution in [1.82, 2.24) is 0 Å². The van der Waals surface area contributed by atoms with Crippen LogP contribution in [-0.2, 0) is 6.54 Å². The van der Waals surface area contributed by atoms with E-state index in [0.717, 1.165) is 6.54 Å². The van der Waals surface area contributed by atoms with Crippen LogP contribution in [0, 0.1) is 0 Å². The van der Waals surface area contributed by atoms with Gasteiger partial charge in [-0.2, -0.15) is 0 Å². The van der Waals surface area contributed by atoms with E-state index >= 15 is 0 Å². The van der Waals surface area contributed by atoms with Crippen LogP contribution in [0.3, 0.4) is 0 Å². The van der Waals surface area contributed by atoms with Crippen LogP contribution in [0.25, 0.3) is 0 Å². The van der Waals surface area contributed by atoms with Gasteiger partial charge in [0, 0.05) is 5.71 Å². The molecular weight excluding hydrogens is 182 g/mol. The van der Waals surface area contributed by atoms with Crippen molar-refractivity contribution in [3.63, 3.8) is 0 Å². The molecule has 0 spiro atoms. The molecular formula is C14H19N. The Morgan fingerprint density at radius 1 is 0.867 bits per heavy atom. The second kappa shape index (κ2) is 5.69. The Morgan fingerprint density at radius 3 is 2.20 bits per heavy atom. The third-order valence-corrected chi connectivity index (χ3v) is 3.01. The molecule has 80 valence electrons. The fourth-order valence-electron chi connectivity index (χ4n) is 2.08. The van der Waals surface area contributed by atoms with Crippen LogP contribution >= 0.6 is 0 Å². The lowest BCUT2D eigenvalue weighted by Gasteiger charge is -2.02. The monoisotopic (exact) mass is 201 g/mol. The van der Waals surface area contributed by atoms with E-state index in [-0.39, 0.29) is 0 Å². The number of benzene rings is 1. The molecule has 0 unspecified atom stereocenters. The minimum absolute atomic E-state index is 0.871. The van der Waals surface area contributed by atoms with Crippen molar-refractivity contribution in [3.8, 4) is 0 Å². The van der Waals surface area contributed by atoms with Crippen LogP contribution in [0.5, 0.6) is 0 Å². The van der Waals surface area contributed by atoms with Gasteiger partial charge >= 0.3 is 0 Å². The normalized spacial score (nSPS) is 17.2. The summed E-state index contributed by atoms with van der Waals surface area (Å²) in [6.45, 7) is 0.871. The van der Waals surface area contributed by atoms with Gasteiger partial charge < -0.3 is 0 Å². The van der Waals surface area contributed by atoms with Gasteiger partial charge in [0.15, 0.2) is 0 Å². The van der Waals surface area contributed by atoms with Gasteiger partial charge in [-0.25, -0.2) is 0 Å². The highest BCUT2D eigenvalue weighted by atomic mass is 14.7. The van der Waals surface area contributed by atoms with Gasteiger partial charge in [-0.1, -0.05) is 43.2 Å². The van der Waals surface area contributed by atoms with E-state index < -0.39 is 0 Å². The molecule has 0 N–H and O–H groups in total. The van der Waals surface area contributed by atoms with Crippen molar-refractivity contribution in [2.75, 3.05) is 0 Å². The Morgan fingerprint density at radius 2 is 1.53 bits per heavy atom. The Balaban J connectivity index is 1.92. The molecule has 0 aliphatic heterocycles. The van der Waals surface area contributed by atoms with Crippen LogP contribution in [0.4, 0.5) is 0 Å². The van der Waals surface area contributed by atoms with Gasteiger partial charge in [0.1, 0.15) is 0 Å². The molecule has 0 heterocycles. The first kappa shape index (κ1) is 10.4. The Labute approximate surface area is 92.2 Å². The summed E-state index contributed by atoms with van der Waals surface area (Å²) in [4.78, 5) is 4.73. The standard InChI is InChI=1S/C14H19N/c1-2-7-11-14(10-6-1)15-12-13-8-4-3-5-9-13/h3-5,8-9H,1-2,6-7,10-12H2. The molecule has 1 aromatic carbocycles. The van der Waals surface area contributed by atoms with E-state index in [2.05, 4.69) is 30.3 Å². The highest BCUT2D eigenvalue weighted by Gasteiger charge is 2.04. The van der Waals surface area contributed by atoms with Gasteiger partial charge in [-0.05, 0) is 31.2 Å². The second-order valence-corrected chi connectivity index (χ2v) is 4.28. The first-order valence-corrected chi connectivity index (χ1v) is 6.01. The van der Waals surface area contributed by atoms with Crippen molar-refractivity contribution >= 4 is 5.71 Å². The molecule has 1 nitrogen and oxygen atoms in total. The van der Waals surface area contributed by atoms with Crippen molar-refractivity contribution < 1.29 is 0 Å². The van der Waals surface area contributed by atoms with Gasteiger partial charge in [0.2, 0.25) is 0 Å². The maximum absolute atomic E-state index is 4.73. The maximum Gasteiger partial charge on any atom is 0.0639 e. The largest absolute Gasteiger partial charge is 0.289 e. The fourth-order valence-corrected chi connectivity index (χ4v) is 2.08. The fraction of sp³-hybridized carbons (Fsp3) is 0.500. The molecule has 15 heavy (non-hydrogen) atoms. The highest BCUT2D eigenvalue weighted by molar-refractivity contribution is 5.84. The van der Waals surface area contributed by atoms with Crippen LogP contribution in [0.2, 0.25) is 0 Å². The van der Waals surface area contributed by atoms with E-state index in [1.807, 2.05) is 0 Å². The molecule has 0 aromatic heterocycles. The Bertz CT molecular complexity index is 303. The summed E-state index contributed by atoms with van der Waals surface area (Å²) >= 11 is 0. The number of nitrogens with zero attached hydrogens (tertiary/aromatic N) is 1. The molecule has 1 aliphatic carbocycles. The minimum atomic E-state index is 0.871. The quantitative estimate of drug-likeness (QED) is 0.642. The third-order valence-electron chi connectivity index (χ3n) is 3.01. The zero-order chi connectivity index (χ0) is 10.3. The van der Waals surface area contributed by atoms with Crippen LogP contribution in [0.1, 0.15) is 44.1 Å². The van der Waals surface area contributed by atoms with Gasteiger partial charge in [-0.15, -0.1) is 0 Å². The average Bonchev–Trinajstić information content (AvgIpc) is 2.56. The van der Waals surface area contributed by atoms with E-state index in [4.69, 9.17) is 4.99 Å². The van der Waals surface area contributed by atoms with E-state index in [1.165, 1.54) is 49.8 Å². The van der Waals surface area contributed by atoms with Crippen LogP contribution in [-0.4, -0.2) is 5.71 Å². The lowest BCUT2D eigenvalue weighted by atomic mass is 10.1. The van der Waals surface area contributed by atoms with Crippen LogP contribution in [0.15, 0.2) is 35.3 Å². The lowest BCUT2D eigenvalue weighted by Crippen LogP contribution is -1.96. The molecule has 0 bridgehead atoms. The Hall–Kier alpha value is -1.11. The highest BCUT2D eigenvalue weighted by Crippen LogP contribution is 2.15. The smallest absolute Gasteiger partial charge is 0.0639 e. The molecule has 0 atom stereocenters. The molecule has 1 heteroatoms. The summed E-state index contributed by atoms with van der Waals surface area (Å²) in [5.41, 5.74) is 2.77. The summed E-state index contributed by atoms with van der Waals surface area (Å²) in [5, 5.41) is 0. The molecule has 0 saturated heterocycles. The molecule has 0 amide bonds. The van der Waals surface area contributed by atoms with E-state index in [1.54, 1.807) is 0 Å². The lowest BCUT2D eigenvalue weighted by molar-refractivity contribution is 0.702. The average molecular weight is 201 g/mol. The van der Waals surface area contributed by atoms with Crippen LogP contribution < -0.4 is 0 Å². The first-order valence-electron chi connectivity index (χ1n) is 6.01. The number of aliphatic imine (C=N–C) groups is 1. The summed E-state index contributed by atoms with van der Waals surface area (Å²) in [6, 6.07) is 10.5. The number of rotatable bonds is 2. The predicted octanol–water partition coefficient (Wildman–Crippen LogP) is 3.98. The van der Waals surface area contributed by atoms with Gasteiger partial charge in [-0.3, -0.25) is 4.99 Å². The van der Waals surface area contributed by atoms with Crippen molar-refractivity contribution in [2.24, 2.45) is 4.99 Å². The van der Waals surface area contributed by atoms with Gasteiger partial charge in [0.05, 0.1) is 6.54 Å².